The van der Waals surface area contributed by atoms with Gasteiger partial charge in [-0.05, 0) is 60.7 Å². The molecule has 0 aromatic heterocycles. The average Bonchev–Trinajstić information content (AvgIpc) is 2.72. The van der Waals surface area contributed by atoms with Crippen molar-refractivity contribution in [1.82, 2.24) is 5.32 Å². The first-order chi connectivity index (χ1) is 14.7. The Hall–Kier alpha value is -2.05. The molecular weight excluding hydrogens is 432 g/mol. The van der Waals surface area contributed by atoms with E-state index in [1.54, 1.807) is 42.5 Å². The third-order valence-electron chi connectivity index (χ3n) is 5.46. The number of nitrogens with zero attached hydrogens (tertiary/aromatic N) is 1. The highest BCUT2D eigenvalue weighted by atomic mass is 35.5. The number of benzene rings is 2. The highest BCUT2D eigenvalue weighted by Crippen LogP contribution is 2.27. The first-order valence-electron chi connectivity index (χ1n) is 10.8. The van der Waals surface area contributed by atoms with Crippen LogP contribution < -0.4 is 9.62 Å². The molecule has 0 aliphatic heterocycles. The number of rotatable bonds is 11. The molecule has 0 aliphatic carbocycles. The normalized spacial score (nSPS) is 12.4. The van der Waals surface area contributed by atoms with E-state index in [1.807, 2.05) is 6.92 Å². The Morgan fingerprint density at radius 3 is 2.35 bits per heavy atom. The van der Waals surface area contributed by atoms with E-state index in [0.29, 0.717) is 28.7 Å². The minimum atomic E-state index is -3.50. The van der Waals surface area contributed by atoms with Crippen molar-refractivity contribution in [3.05, 3.63) is 64.2 Å². The molecule has 0 aliphatic rings. The van der Waals surface area contributed by atoms with Gasteiger partial charge in [-0.1, -0.05) is 56.8 Å². The summed E-state index contributed by atoms with van der Waals surface area (Å²) in [6, 6.07) is 12.2. The number of aryl methyl sites for hydroxylation is 1. The molecule has 0 radical (unpaired) electrons. The number of hydrogen-bond acceptors (Lipinski definition) is 3. The van der Waals surface area contributed by atoms with Crippen LogP contribution in [-0.4, -0.2) is 27.1 Å². The van der Waals surface area contributed by atoms with E-state index >= 15 is 0 Å². The molecule has 5 nitrogen and oxygen atoms in total. The van der Waals surface area contributed by atoms with Crippen molar-refractivity contribution in [3.63, 3.8) is 0 Å². The zero-order valence-electron chi connectivity index (χ0n) is 18.8. The summed E-state index contributed by atoms with van der Waals surface area (Å²) in [4.78, 5) is 12.5. The number of amides is 1. The lowest BCUT2D eigenvalue weighted by atomic mass is 9.99. The molecule has 2 rings (SSSR count). The maximum Gasteiger partial charge on any atom is 0.251 e. The number of carbonyl (C=O) groups excluding carboxylic acids is 1. The monoisotopic (exact) mass is 464 g/mol. The fraction of sp³-hybridized carbons (Fsp3) is 0.458. The van der Waals surface area contributed by atoms with Gasteiger partial charge in [-0.2, -0.15) is 0 Å². The number of nitrogens with one attached hydrogen (secondary N) is 1. The number of unbranched alkanes of at least 4 members (excludes halogenated alkanes) is 1. The molecule has 2 aromatic carbocycles. The average molecular weight is 465 g/mol. The second kappa shape index (κ2) is 11.5. The van der Waals surface area contributed by atoms with Crippen LogP contribution in [-0.2, 0) is 16.6 Å². The van der Waals surface area contributed by atoms with Crippen LogP contribution in [0.2, 0.25) is 5.02 Å². The Balaban J connectivity index is 2.09. The van der Waals surface area contributed by atoms with Gasteiger partial charge in [-0.25, -0.2) is 8.42 Å². The number of carbonyl (C=O) groups is 1. The first-order valence-corrected chi connectivity index (χ1v) is 13.0. The van der Waals surface area contributed by atoms with Gasteiger partial charge in [-0.3, -0.25) is 9.10 Å². The molecule has 0 heterocycles. The number of hydrogen-bond donors (Lipinski definition) is 1. The van der Waals surface area contributed by atoms with E-state index in [9.17, 15) is 13.2 Å². The van der Waals surface area contributed by atoms with Crippen LogP contribution in [0.1, 0.15) is 61.0 Å². The summed E-state index contributed by atoms with van der Waals surface area (Å²) in [5.74, 6) is 0.393. The zero-order valence-corrected chi connectivity index (χ0v) is 20.4. The van der Waals surface area contributed by atoms with Gasteiger partial charge in [0.25, 0.3) is 5.91 Å². The molecule has 31 heavy (non-hydrogen) atoms. The van der Waals surface area contributed by atoms with Gasteiger partial charge in [0.2, 0.25) is 10.0 Å². The fourth-order valence-corrected chi connectivity index (χ4v) is 4.66. The summed E-state index contributed by atoms with van der Waals surface area (Å²) < 4.78 is 26.2. The summed E-state index contributed by atoms with van der Waals surface area (Å²) in [6.07, 6.45) is 5.69. The SMILES string of the molecule is CCCCC(CC)CNC(=O)c1ccc(CN(c2ccc(Cl)cc2C)S(C)(=O)=O)cc1. The molecule has 7 heteroatoms. The summed E-state index contributed by atoms with van der Waals surface area (Å²) in [5.41, 5.74) is 2.74. The second-order valence-corrected chi connectivity index (χ2v) is 10.4. The predicted molar refractivity (Wildman–Crippen MR) is 129 cm³/mol. The summed E-state index contributed by atoms with van der Waals surface area (Å²) in [7, 11) is -3.50. The highest BCUT2D eigenvalue weighted by Gasteiger charge is 2.20. The standard InChI is InChI=1S/C24H33ClN2O3S/c1-5-7-8-19(6-2)16-26-24(28)21-11-9-20(10-12-21)17-27(31(4,29)30)23-14-13-22(25)15-18(23)3/h9-15,19H,5-8,16-17H2,1-4H3,(H,26,28). The van der Waals surface area contributed by atoms with Crippen LogP contribution in [0.15, 0.2) is 42.5 Å². The van der Waals surface area contributed by atoms with Gasteiger partial charge >= 0.3 is 0 Å². The molecule has 1 amide bonds. The van der Waals surface area contributed by atoms with Crippen LogP contribution in [0.4, 0.5) is 5.69 Å². The van der Waals surface area contributed by atoms with Gasteiger partial charge in [0.15, 0.2) is 0 Å². The summed E-state index contributed by atoms with van der Waals surface area (Å²) in [6.45, 7) is 7.01. The summed E-state index contributed by atoms with van der Waals surface area (Å²) in [5, 5.41) is 3.58. The minimum Gasteiger partial charge on any atom is -0.352 e. The largest absolute Gasteiger partial charge is 0.352 e. The molecular formula is C24H33ClN2O3S. The van der Waals surface area contributed by atoms with Gasteiger partial charge in [-0.15, -0.1) is 0 Å². The molecule has 1 unspecified atom stereocenters. The minimum absolute atomic E-state index is 0.102. The van der Waals surface area contributed by atoms with Crippen molar-refractivity contribution in [2.45, 2.75) is 53.0 Å². The highest BCUT2D eigenvalue weighted by molar-refractivity contribution is 7.92. The molecule has 0 spiro atoms. The zero-order chi connectivity index (χ0) is 23.0. The Bertz CT molecular complexity index is 975. The van der Waals surface area contributed by atoms with Gasteiger partial charge in [0.1, 0.15) is 0 Å². The van der Waals surface area contributed by atoms with E-state index < -0.39 is 10.0 Å². The lowest BCUT2D eigenvalue weighted by Crippen LogP contribution is -2.30. The number of anilines is 1. The fourth-order valence-electron chi connectivity index (χ4n) is 3.49. The Labute approximate surface area is 191 Å². The summed E-state index contributed by atoms with van der Waals surface area (Å²) >= 11 is 6.02. The molecule has 0 fully saturated rings. The quantitative estimate of drug-likeness (QED) is 0.473. The molecule has 0 bridgehead atoms. The van der Waals surface area contributed by atoms with Crippen LogP contribution in [0, 0.1) is 12.8 Å². The van der Waals surface area contributed by atoms with Crippen LogP contribution in [0.5, 0.6) is 0 Å². The molecule has 0 saturated carbocycles. The maximum absolute atomic E-state index is 12.5. The second-order valence-electron chi connectivity index (χ2n) is 8.02. The third kappa shape index (κ3) is 7.54. The van der Waals surface area contributed by atoms with Crippen molar-refractivity contribution >= 4 is 33.2 Å². The topological polar surface area (TPSA) is 66.5 Å². The van der Waals surface area contributed by atoms with Crippen molar-refractivity contribution in [2.24, 2.45) is 5.92 Å². The number of halogens is 1. The number of sulfonamides is 1. The predicted octanol–water partition coefficient (Wildman–Crippen LogP) is 5.56. The van der Waals surface area contributed by atoms with Crippen molar-refractivity contribution in [1.29, 1.82) is 0 Å². The molecule has 1 N–H and O–H groups in total. The Morgan fingerprint density at radius 2 is 1.81 bits per heavy atom. The molecule has 1 atom stereocenters. The van der Waals surface area contributed by atoms with Gasteiger partial charge in [0.05, 0.1) is 18.5 Å². The molecule has 2 aromatic rings. The molecule has 170 valence electrons. The van der Waals surface area contributed by atoms with Crippen molar-refractivity contribution in [2.75, 3.05) is 17.1 Å². The van der Waals surface area contributed by atoms with Crippen LogP contribution >= 0.6 is 11.6 Å². The maximum atomic E-state index is 12.5. The Kier molecular flexibility index (Phi) is 9.38. The van der Waals surface area contributed by atoms with E-state index in [2.05, 4.69) is 19.2 Å². The lowest BCUT2D eigenvalue weighted by molar-refractivity contribution is 0.0946. The Morgan fingerprint density at radius 1 is 1.13 bits per heavy atom. The van der Waals surface area contributed by atoms with Crippen LogP contribution in [0.25, 0.3) is 0 Å². The van der Waals surface area contributed by atoms with E-state index in [4.69, 9.17) is 11.6 Å². The smallest absolute Gasteiger partial charge is 0.251 e. The van der Waals surface area contributed by atoms with Gasteiger partial charge in [0, 0.05) is 17.1 Å². The van der Waals surface area contributed by atoms with Crippen molar-refractivity contribution in [3.8, 4) is 0 Å². The third-order valence-corrected chi connectivity index (χ3v) is 6.83. The van der Waals surface area contributed by atoms with E-state index in [1.165, 1.54) is 17.0 Å². The van der Waals surface area contributed by atoms with E-state index in [-0.39, 0.29) is 12.5 Å². The first kappa shape index (κ1) is 25.2. The van der Waals surface area contributed by atoms with Crippen LogP contribution in [0.3, 0.4) is 0 Å². The molecule has 0 saturated heterocycles. The van der Waals surface area contributed by atoms with E-state index in [0.717, 1.165) is 30.4 Å². The van der Waals surface area contributed by atoms with Gasteiger partial charge < -0.3 is 5.32 Å². The van der Waals surface area contributed by atoms with Crippen molar-refractivity contribution < 1.29 is 13.2 Å². The lowest BCUT2D eigenvalue weighted by Gasteiger charge is -2.24.